The van der Waals surface area contributed by atoms with Gasteiger partial charge < -0.3 is 10.1 Å². The van der Waals surface area contributed by atoms with Gasteiger partial charge in [0.2, 0.25) is 0 Å². The van der Waals surface area contributed by atoms with Crippen LogP contribution in [0.3, 0.4) is 0 Å². The Kier molecular flexibility index (Phi) is 5.98. The first-order valence-corrected chi connectivity index (χ1v) is 6.45. The standard InChI is InChI=1S/C14H24N2O/c1-5-15-7-6-12(4)13-8-14(10-16-9-13)17-11(2)3/h8-12,15H,5-7H2,1-4H3. The first kappa shape index (κ1) is 14.0. The van der Waals surface area contributed by atoms with Gasteiger partial charge in [-0.2, -0.15) is 0 Å². The van der Waals surface area contributed by atoms with Gasteiger partial charge in [-0.3, -0.25) is 4.98 Å². The molecule has 96 valence electrons. The Hall–Kier alpha value is -1.09. The number of ether oxygens (including phenoxy) is 1. The van der Waals surface area contributed by atoms with Crippen molar-refractivity contribution in [1.82, 2.24) is 10.3 Å². The predicted octanol–water partition coefficient (Wildman–Crippen LogP) is 2.97. The highest BCUT2D eigenvalue weighted by molar-refractivity contribution is 5.26. The van der Waals surface area contributed by atoms with Crippen LogP contribution in [0, 0.1) is 0 Å². The zero-order chi connectivity index (χ0) is 12.7. The zero-order valence-electron chi connectivity index (χ0n) is 11.4. The fraction of sp³-hybridized carbons (Fsp3) is 0.643. The van der Waals surface area contributed by atoms with Crippen LogP contribution >= 0.6 is 0 Å². The Morgan fingerprint density at radius 2 is 2.06 bits per heavy atom. The van der Waals surface area contributed by atoms with Gasteiger partial charge in [-0.05, 0) is 50.9 Å². The van der Waals surface area contributed by atoms with E-state index >= 15 is 0 Å². The van der Waals surface area contributed by atoms with Crippen LogP contribution in [0.4, 0.5) is 0 Å². The van der Waals surface area contributed by atoms with Gasteiger partial charge in [0.15, 0.2) is 0 Å². The summed E-state index contributed by atoms with van der Waals surface area (Å²) < 4.78 is 5.65. The molecule has 0 aromatic carbocycles. The third-order valence-corrected chi connectivity index (χ3v) is 2.68. The summed E-state index contributed by atoms with van der Waals surface area (Å²) >= 11 is 0. The molecule has 0 aliphatic heterocycles. The molecule has 0 spiro atoms. The smallest absolute Gasteiger partial charge is 0.138 e. The van der Waals surface area contributed by atoms with E-state index in [1.54, 1.807) is 6.20 Å². The number of aromatic nitrogens is 1. The Labute approximate surface area is 105 Å². The van der Waals surface area contributed by atoms with Crippen LogP contribution in [0.2, 0.25) is 0 Å². The Morgan fingerprint density at radius 3 is 2.71 bits per heavy atom. The second-order valence-electron chi connectivity index (χ2n) is 4.66. The van der Waals surface area contributed by atoms with E-state index in [0.717, 1.165) is 25.3 Å². The highest BCUT2D eigenvalue weighted by Crippen LogP contribution is 2.22. The van der Waals surface area contributed by atoms with E-state index in [2.05, 4.69) is 30.2 Å². The van der Waals surface area contributed by atoms with Gasteiger partial charge >= 0.3 is 0 Å². The molecule has 0 amide bonds. The largest absolute Gasteiger partial charge is 0.489 e. The average Bonchev–Trinajstić information content (AvgIpc) is 2.28. The maximum absolute atomic E-state index is 5.65. The van der Waals surface area contributed by atoms with Crippen LogP contribution < -0.4 is 10.1 Å². The van der Waals surface area contributed by atoms with Crippen molar-refractivity contribution in [2.45, 2.75) is 46.1 Å². The molecule has 1 rings (SSSR count). The SMILES string of the molecule is CCNCCC(C)c1cncc(OC(C)C)c1. The van der Waals surface area contributed by atoms with Crippen LogP contribution in [0.15, 0.2) is 18.5 Å². The lowest BCUT2D eigenvalue weighted by molar-refractivity contribution is 0.241. The highest BCUT2D eigenvalue weighted by atomic mass is 16.5. The molecule has 0 saturated carbocycles. The Bertz CT molecular complexity index is 326. The molecule has 0 saturated heterocycles. The molecule has 3 heteroatoms. The monoisotopic (exact) mass is 236 g/mol. The van der Waals surface area contributed by atoms with Crippen LogP contribution in [0.5, 0.6) is 5.75 Å². The summed E-state index contributed by atoms with van der Waals surface area (Å²) in [7, 11) is 0. The van der Waals surface area contributed by atoms with Crippen molar-refractivity contribution in [2.24, 2.45) is 0 Å². The van der Waals surface area contributed by atoms with E-state index in [-0.39, 0.29) is 6.10 Å². The quantitative estimate of drug-likeness (QED) is 0.739. The van der Waals surface area contributed by atoms with E-state index in [9.17, 15) is 0 Å². The van der Waals surface area contributed by atoms with Crippen molar-refractivity contribution in [2.75, 3.05) is 13.1 Å². The summed E-state index contributed by atoms with van der Waals surface area (Å²) in [6.45, 7) is 10.5. The van der Waals surface area contributed by atoms with Gasteiger partial charge in [-0.1, -0.05) is 13.8 Å². The van der Waals surface area contributed by atoms with Crippen molar-refractivity contribution in [1.29, 1.82) is 0 Å². The summed E-state index contributed by atoms with van der Waals surface area (Å²) in [5.41, 5.74) is 1.25. The second-order valence-corrected chi connectivity index (χ2v) is 4.66. The molecule has 1 unspecified atom stereocenters. The number of nitrogens with one attached hydrogen (secondary N) is 1. The molecule has 0 fully saturated rings. The highest BCUT2D eigenvalue weighted by Gasteiger charge is 2.07. The molecule has 1 N–H and O–H groups in total. The van der Waals surface area contributed by atoms with Crippen molar-refractivity contribution in [3.05, 3.63) is 24.0 Å². The number of nitrogens with zero attached hydrogens (tertiary/aromatic N) is 1. The zero-order valence-corrected chi connectivity index (χ0v) is 11.4. The van der Waals surface area contributed by atoms with Crippen molar-refractivity contribution in [3.8, 4) is 5.75 Å². The van der Waals surface area contributed by atoms with Gasteiger partial charge in [0.05, 0.1) is 12.3 Å². The van der Waals surface area contributed by atoms with E-state index in [4.69, 9.17) is 4.74 Å². The molecule has 0 radical (unpaired) electrons. The van der Waals surface area contributed by atoms with Gasteiger partial charge in [0.1, 0.15) is 5.75 Å². The molecule has 0 aliphatic rings. The third kappa shape index (κ3) is 5.18. The predicted molar refractivity (Wildman–Crippen MR) is 71.6 cm³/mol. The van der Waals surface area contributed by atoms with Gasteiger partial charge in [-0.25, -0.2) is 0 Å². The molecule has 0 aliphatic carbocycles. The number of hydrogen-bond donors (Lipinski definition) is 1. The van der Waals surface area contributed by atoms with Crippen molar-refractivity contribution in [3.63, 3.8) is 0 Å². The second kappa shape index (κ2) is 7.28. The molecule has 0 bridgehead atoms. The van der Waals surface area contributed by atoms with Crippen LogP contribution in [-0.2, 0) is 0 Å². The fourth-order valence-electron chi connectivity index (χ4n) is 1.70. The summed E-state index contributed by atoms with van der Waals surface area (Å²) in [6, 6.07) is 2.10. The summed E-state index contributed by atoms with van der Waals surface area (Å²) in [5.74, 6) is 1.38. The summed E-state index contributed by atoms with van der Waals surface area (Å²) in [6.07, 6.45) is 5.04. The van der Waals surface area contributed by atoms with E-state index in [1.807, 2.05) is 20.0 Å². The average molecular weight is 236 g/mol. The molecular weight excluding hydrogens is 212 g/mol. The summed E-state index contributed by atoms with van der Waals surface area (Å²) in [5, 5.41) is 3.34. The Morgan fingerprint density at radius 1 is 1.29 bits per heavy atom. The van der Waals surface area contributed by atoms with E-state index in [1.165, 1.54) is 5.56 Å². The van der Waals surface area contributed by atoms with E-state index < -0.39 is 0 Å². The first-order chi connectivity index (χ1) is 8.13. The maximum Gasteiger partial charge on any atom is 0.138 e. The van der Waals surface area contributed by atoms with Crippen molar-refractivity contribution >= 4 is 0 Å². The third-order valence-electron chi connectivity index (χ3n) is 2.68. The minimum Gasteiger partial charge on any atom is -0.489 e. The first-order valence-electron chi connectivity index (χ1n) is 6.45. The van der Waals surface area contributed by atoms with Gasteiger partial charge in [-0.15, -0.1) is 0 Å². The molecule has 1 atom stereocenters. The van der Waals surface area contributed by atoms with Crippen LogP contribution in [0.1, 0.15) is 45.6 Å². The van der Waals surface area contributed by atoms with Gasteiger partial charge in [0, 0.05) is 6.20 Å². The maximum atomic E-state index is 5.65. The molecule has 1 aromatic heterocycles. The lowest BCUT2D eigenvalue weighted by Gasteiger charge is -2.14. The number of pyridine rings is 1. The lowest BCUT2D eigenvalue weighted by atomic mass is 9.99. The lowest BCUT2D eigenvalue weighted by Crippen LogP contribution is -2.16. The Balaban J connectivity index is 2.57. The van der Waals surface area contributed by atoms with Crippen molar-refractivity contribution < 1.29 is 4.74 Å². The van der Waals surface area contributed by atoms with Crippen LogP contribution in [-0.4, -0.2) is 24.2 Å². The van der Waals surface area contributed by atoms with Crippen LogP contribution in [0.25, 0.3) is 0 Å². The summed E-state index contributed by atoms with van der Waals surface area (Å²) in [4.78, 5) is 4.24. The van der Waals surface area contributed by atoms with E-state index in [0.29, 0.717) is 5.92 Å². The normalized spacial score (nSPS) is 12.8. The molecular formula is C14H24N2O. The molecule has 3 nitrogen and oxygen atoms in total. The topological polar surface area (TPSA) is 34.2 Å². The molecule has 1 aromatic rings. The molecule has 17 heavy (non-hydrogen) atoms. The van der Waals surface area contributed by atoms with Gasteiger partial charge in [0.25, 0.3) is 0 Å². The number of rotatable bonds is 7. The fourth-order valence-corrected chi connectivity index (χ4v) is 1.70. The molecule has 1 heterocycles. The minimum atomic E-state index is 0.198. The minimum absolute atomic E-state index is 0.198. The number of hydrogen-bond acceptors (Lipinski definition) is 3.